The van der Waals surface area contributed by atoms with Gasteiger partial charge < -0.3 is 4.18 Å². The minimum Gasteiger partial charge on any atom is -0.378 e. The van der Waals surface area contributed by atoms with Crippen molar-refractivity contribution in [1.82, 2.24) is 4.90 Å². The molecule has 1 saturated heterocycles. The Kier molecular flexibility index (Phi) is 6.45. The molecule has 1 aliphatic rings. The number of hydrogen-bond donors (Lipinski definition) is 0. The standard InChI is InChI=1S/C24H19NO4S3/c1-17-11-13-20(14-12-17)32(27,28)29-21-10-6-5-9-19(21)15-22-23(26)25(24(30)31-22)16-18-7-3-2-4-8-18/h2-15H,16H2,1H3. The first-order chi connectivity index (χ1) is 15.3. The zero-order chi connectivity index (χ0) is 22.7. The average Bonchev–Trinajstić information content (AvgIpc) is 3.03. The highest BCUT2D eigenvalue weighted by molar-refractivity contribution is 8.26. The lowest BCUT2D eigenvalue weighted by Crippen LogP contribution is -2.27. The van der Waals surface area contributed by atoms with Crippen LogP contribution < -0.4 is 4.18 Å². The van der Waals surface area contributed by atoms with Crippen LogP contribution >= 0.6 is 24.0 Å². The Morgan fingerprint density at radius 3 is 2.34 bits per heavy atom. The van der Waals surface area contributed by atoms with Crippen LogP contribution in [-0.2, 0) is 21.5 Å². The van der Waals surface area contributed by atoms with E-state index in [1.165, 1.54) is 28.8 Å². The number of carbonyl (C=O) groups is 1. The van der Waals surface area contributed by atoms with E-state index in [4.69, 9.17) is 16.4 Å². The zero-order valence-electron chi connectivity index (χ0n) is 17.1. The lowest BCUT2D eigenvalue weighted by Gasteiger charge is -2.14. The third-order valence-electron chi connectivity index (χ3n) is 4.77. The van der Waals surface area contributed by atoms with Gasteiger partial charge in [-0.25, -0.2) is 0 Å². The topological polar surface area (TPSA) is 63.7 Å². The van der Waals surface area contributed by atoms with Crippen LogP contribution in [0.25, 0.3) is 6.08 Å². The molecular weight excluding hydrogens is 462 g/mol. The Morgan fingerprint density at radius 2 is 1.62 bits per heavy atom. The second kappa shape index (κ2) is 9.28. The Bertz CT molecular complexity index is 1300. The van der Waals surface area contributed by atoms with E-state index in [2.05, 4.69) is 0 Å². The Labute approximate surface area is 196 Å². The summed E-state index contributed by atoms with van der Waals surface area (Å²) in [4.78, 5) is 15.0. The fourth-order valence-corrected chi connectivity index (χ4v) is 5.29. The zero-order valence-corrected chi connectivity index (χ0v) is 19.5. The first kappa shape index (κ1) is 22.3. The summed E-state index contributed by atoms with van der Waals surface area (Å²) in [5.41, 5.74) is 2.39. The van der Waals surface area contributed by atoms with E-state index in [0.29, 0.717) is 21.3 Å². The molecule has 0 unspecified atom stereocenters. The second-order valence-electron chi connectivity index (χ2n) is 7.14. The molecule has 4 rings (SSSR count). The molecule has 0 N–H and O–H groups in total. The molecule has 0 radical (unpaired) electrons. The number of thiocarbonyl (C=S) groups is 1. The maximum atomic E-state index is 13.0. The van der Waals surface area contributed by atoms with Gasteiger partial charge in [-0.3, -0.25) is 9.69 Å². The monoisotopic (exact) mass is 481 g/mol. The number of thioether (sulfide) groups is 1. The van der Waals surface area contributed by atoms with E-state index in [-0.39, 0.29) is 16.6 Å². The summed E-state index contributed by atoms with van der Waals surface area (Å²) in [6, 6.07) is 22.7. The van der Waals surface area contributed by atoms with Crippen LogP contribution in [0.1, 0.15) is 16.7 Å². The van der Waals surface area contributed by atoms with E-state index in [1.54, 1.807) is 42.5 Å². The highest BCUT2D eigenvalue weighted by Gasteiger charge is 2.32. The van der Waals surface area contributed by atoms with E-state index < -0.39 is 10.1 Å². The van der Waals surface area contributed by atoms with Crippen LogP contribution in [0.3, 0.4) is 0 Å². The van der Waals surface area contributed by atoms with Crippen LogP contribution in [-0.4, -0.2) is 23.5 Å². The van der Waals surface area contributed by atoms with E-state index in [9.17, 15) is 13.2 Å². The summed E-state index contributed by atoms with van der Waals surface area (Å²) in [5, 5.41) is 0. The molecule has 0 aliphatic carbocycles. The molecule has 1 aliphatic heterocycles. The maximum absolute atomic E-state index is 13.0. The molecule has 1 fully saturated rings. The van der Waals surface area contributed by atoms with Crippen molar-refractivity contribution in [2.24, 2.45) is 0 Å². The largest absolute Gasteiger partial charge is 0.378 e. The summed E-state index contributed by atoms with van der Waals surface area (Å²) in [6.07, 6.45) is 1.62. The summed E-state index contributed by atoms with van der Waals surface area (Å²) in [6.45, 7) is 2.25. The molecule has 5 nitrogen and oxygen atoms in total. The van der Waals surface area contributed by atoms with Crippen LogP contribution in [0, 0.1) is 6.92 Å². The minimum atomic E-state index is -4.02. The van der Waals surface area contributed by atoms with E-state index >= 15 is 0 Å². The van der Waals surface area contributed by atoms with Gasteiger partial charge in [0.2, 0.25) is 0 Å². The van der Waals surface area contributed by atoms with Gasteiger partial charge in [-0.2, -0.15) is 8.42 Å². The van der Waals surface area contributed by atoms with Gasteiger partial charge in [0, 0.05) is 5.56 Å². The van der Waals surface area contributed by atoms with Crippen molar-refractivity contribution in [1.29, 1.82) is 0 Å². The van der Waals surface area contributed by atoms with Crippen LogP contribution in [0.2, 0.25) is 0 Å². The predicted molar refractivity (Wildman–Crippen MR) is 131 cm³/mol. The second-order valence-corrected chi connectivity index (χ2v) is 10.4. The molecule has 8 heteroatoms. The SMILES string of the molecule is Cc1ccc(S(=O)(=O)Oc2ccccc2C=C2SC(=S)N(Cc3ccccc3)C2=O)cc1. The molecule has 0 saturated carbocycles. The molecule has 0 spiro atoms. The lowest BCUT2D eigenvalue weighted by atomic mass is 10.2. The van der Waals surface area contributed by atoms with Gasteiger partial charge in [-0.05, 0) is 36.8 Å². The van der Waals surface area contributed by atoms with Crippen LogP contribution in [0.5, 0.6) is 5.75 Å². The molecule has 1 amide bonds. The highest BCUT2D eigenvalue weighted by atomic mass is 32.2. The van der Waals surface area contributed by atoms with Crippen LogP contribution in [0.15, 0.2) is 88.7 Å². The number of rotatable bonds is 6. The average molecular weight is 482 g/mol. The summed E-state index contributed by atoms with van der Waals surface area (Å²) in [7, 11) is -4.02. The van der Waals surface area contributed by atoms with Crippen molar-refractivity contribution in [2.75, 3.05) is 0 Å². The van der Waals surface area contributed by atoms with Crippen molar-refractivity contribution < 1.29 is 17.4 Å². The third-order valence-corrected chi connectivity index (χ3v) is 7.40. The Morgan fingerprint density at radius 1 is 0.969 bits per heavy atom. The summed E-state index contributed by atoms with van der Waals surface area (Å²) < 4.78 is 31.3. The van der Waals surface area contributed by atoms with Crippen molar-refractivity contribution >= 4 is 50.4 Å². The number of aryl methyl sites for hydroxylation is 1. The van der Waals surface area contributed by atoms with Gasteiger partial charge in [0.15, 0.2) is 0 Å². The Balaban J connectivity index is 1.59. The van der Waals surface area contributed by atoms with Gasteiger partial charge in [0.1, 0.15) is 15.0 Å². The fraction of sp³-hybridized carbons (Fsp3) is 0.0833. The molecule has 0 aromatic heterocycles. The molecular formula is C24H19NO4S3. The molecule has 162 valence electrons. The van der Waals surface area contributed by atoms with E-state index in [0.717, 1.165) is 11.1 Å². The lowest BCUT2D eigenvalue weighted by molar-refractivity contribution is -0.122. The van der Waals surface area contributed by atoms with E-state index in [1.807, 2.05) is 37.3 Å². The van der Waals surface area contributed by atoms with Crippen molar-refractivity contribution in [2.45, 2.75) is 18.4 Å². The molecule has 0 bridgehead atoms. The van der Waals surface area contributed by atoms with Gasteiger partial charge in [-0.15, -0.1) is 0 Å². The first-order valence-electron chi connectivity index (χ1n) is 9.73. The first-order valence-corrected chi connectivity index (χ1v) is 12.4. The number of benzene rings is 3. The van der Waals surface area contributed by atoms with Gasteiger partial charge in [0.05, 0.1) is 11.4 Å². The smallest absolute Gasteiger partial charge is 0.339 e. The minimum absolute atomic E-state index is 0.0621. The molecule has 3 aromatic rings. The number of para-hydroxylation sites is 1. The van der Waals surface area contributed by atoms with Gasteiger partial charge in [0.25, 0.3) is 5.91 Å². The highest BCUT2D eigenvalue weighted by Crippen LogP contribution is 2.35. The molecule has 3 aromatic carbocycles. The number of hydrogen-bond acceptors (Lipinski definition) is 6. The quantitative estimate of drug-likeness (QED) is 0.275. The fourth-order valence-electron chi connectivity index (χ4n) is 3.09. The number of amides is 1. The molecule has 1 heterocycles. The van der Waals surface area contributed by atoms with Crippen molar-refractivity contribution in [3.63, 3.8) is 0 Å². The summed E-state index contributed by atoms with van der Waals surface area (Å²) in [5.74, 6) is -0.0820. The third kappa shape index (κ3) is 4.93. The van der Waals surface area contributed by atoms with Gasteiger partial charge >= 0.3 is 10.1 Å². The van der Waals surface area contributed by atoms with Crippen molar-refractivity contribution in [3.05, 3.63) is 100 Å². The predicted octanol–water partition coefficient (Wildman–Crippen LogP) is 5.16. The van der Waals surface area contributed by atoms with Crippen LogP contribution in [0.4, 0.5) is 0 Å². The summed E-state index contributed by atoms with van der Waals surface area (Å²) >= 11 is 6.59. The van der Waals surface area contributed by atoms with Crippen molar-refractivity contribution in [3.8, 4) is 5.75 Å². The van der Waals surface area contributed by atoms with Gasteiger partial charge in [-0.1, -0.05) is 90.2 Å². The number of nitrogens with zero attached hydrogens (tertiary/aromatic N) is 1. The normalized spacial score (nSPS) is 15.4. The number of carbonyl (C=O) groups excluding carboxylic acids is 1. The molecule has 0 atom stereocenters. The maximum Gasteiger partial charge on any atom is 0.339 e. The Hall–Kier alpha value is -2.94. The molecule has 32 heavy (non-hydrogen) atoms.